The van der Waals surface area contributed by atoms with Crippen LogP contribution >= 0.6 is 27.3 Å². The third-order valence-electron chi connectivity index (χ3n) is 6.96. The number of aliphatic imine (C=N–C) groups is 1. The number of thiophene rings is 1. The number of nitrogens with zero attached hydrogens (tertiary/aromatic N) is 1. The molecule has 0 saturated carbocycles. The lowest BCUT2D eigenvalue weighted by Gasteiger charge is -2.24. The molecule has 182 valence electrons. The molecule has 2 heterocycles. The van der Waals surface area contributed by atoms with Gasteiger partial charge in [0.05, 0.1) is 10.6 Å². The van der Waals surface area contributed by atoms with Crippen LogP contribution in [0.4, 0.5) is 5.69 Å². The summed E-state index contributed by atoms with van der Waals surface area (Å²) in [6.45, 7) is 0. The van der Waals surface area contributed by atoms with Crippen molar-refractivity contribution >= 4 is 48.9 Å². The first-order valence-electron chi connectivity index (χ1n) is 12.6. The van der Waals surface area contributed by atoms with Crippen molar-refractivity contribution in [1.29, 1.82) is 0 Å². The van der Waals surface area contributed by atoms with Crippen molar-refractivity contribution in [2.45, 2.75) is 6.04 Å². The molecule has 1 aliphatic rings. The van der Waals surface area contributed by atoms with Crippen LogP contribution in [0.15, 0.2) is 137 Å². The van der Waals surface area contributed by atoms with Crippen LogP contribution < -0.4 is 5.32 Å². The van der Waals surface area contributed by atoms with Crippen molar-refractivity contribution in [2.75, 3.05) is 5.32 Å². The van der Waals surface area contributed by atoms with Gasteiger partial charge in [-0.25, -0.2) is 0 Å². The maximum absolute atomic E-state index is 5.36. The van der Waals surface area contributed by atoms with Crippen molar-refractivity contribution in [2.24, 2.45) is 4.99 Å². The summed E-state index contributed by atoms with van der Waals surface area (Å²) in [6.07, 6.45) is 0. The van der Waals surface area contributed by atoms with Gasteiger partial charge >= 0.3 is 0 Å². The molecule has 4 heteroatoms. The highest BCUT2D eigenvalue weighted by Gasteiger charge is 2.28. The molecule has 1 unspecified atom stereocenters. The smallest absolute Gasteiger partial charge is 0.133 e. The minimum absolute atomic E-state index is 0.122. The molecule has 0 radical (unpaired) electrons. The molecule has 0 bridgehead atoms. The summed E-state index contributed by atoms with van der Waals surface area (Å²) < 4.78 is 2.30. The number of rotatable bonds is 4. The molecular formula is C34H23BrN2S. The Morgan fingerprint density at radius 3 is 1.92 bits per heavy atom. The fraction of sp³-hybridized carbons (Fsp3) is 0.0294. The Labute approximate surface area is 234 Å². The number of hydrogen-bond donors (Lipinski definition) is 1. The number of benzene rings is 5. The van der Waals surface area contributed by atoms with Crippen LogP contribution in [0.3, 0.4) is 0 Å². The van der Waals surface area contributed by atoms with Crippen LogP contribution in [0.2, 0.25) is 0 Å². The Morgan fingerprint density at radius 2 is 1.24 bits per heavy atom. The molecule has 0 aliphatic carbocycles. The van der Waals surface area contributed by atoms with Crippen molar-refractivity contribution in [3.05, 3.63) is 148 Å². The highest BCUT2D eigenvalue weighted by Crippen LogP contribution is 2.47. The molecule has 1 N–H and O–H groups in total. The first-order valence-corrected chi connectivity index (χ1v) is 14.2. The van der Waals surface area contributed by atoms with E-state index in [1.54, 1.807) is 0 Å². The van der Waals surface area contributed by atoms with Crippen LogP contribution in [0, 0.1) is 0 Å². The van der Waals surface area contributed by atoms with E-state index in [0.29, 0.717) is 0 Å². The summed E-state index contributed by atoms with van der Waals surface area (Å²) in [5.41, 5.74) is 8.21. The van der Waals surface area contributed by atoms with E-state index in [1.165, 1.54) is 42.8 Å². The van der Waals surface area contributed by atoms with Gasteiger partial charge in [0.15, 0.2) is 0 Å². The zero-order valence-electron chi connectivity index (χ0n) is 20.4. The average Bonchev–Trinajstić information content (AvgIpc) is 3.36. The van der Waals surface area contributed by atoms with Crippen LogP contribution in [-0.4, -0.2) is 5.84 Å². The normalized spacial score (nSPS) is 14.6. The summed E-state index contributed by atoms with van der Waals surface area (Å²) in [7, 11) is 0. The number of nitrogens with one attached hydrogen (secondary N) is 1. The maximum Gasteiger partial charge on any atom is 0.133 e. The second-order valence-electron chi connectivity index (χ2n) is 9.43. The monoisotopic (exact) mass is 570 g/mol. The van der Waals surface area contributed by atoms with Gasteiger partial charge < -0.3 is 5.32 Å². The lowest BCUT2D eigenvalue weighted by atomic mass is 9.92. The molecular weight excluding hydrogens is 548 g/mol. The van der Waals surface area contributed by atoms with Gasteiger partial charge in [0.2, 0.25) is 0 Å². The number of hydrogen-bond acceptors (Lipinski definition) is 3. The van der Waals surface area contributed by atoms with Crippen molar-refractivity contribution in [3.8, 4) is 22.3 Å². The predicted molar refractivity (Wildman–Crippen MR) is 165 cm³/mol. The lowest BCUT2D eigenvalue weighted by Crippen LogP contribution is -2.21. The minimum atomic E-state index is -0.122. The zero-order chi connectivity index (χ0) is 25.5. The van der Waals surface area contributed by atoms with Crippen molar-refractivity contribution < 1.29 is 0 Å². The maximum atomic E-state index is 5.36. The fourth-order valence-electron chi connectivity index (χ4n) is 5.14. The third-order valence-corrected chi connectivity index (χ3v) is 8.67. The molecule has 6 aromatic rings. The van der Waals surface area contributed by atoms with E-state index in [0.717, 1.165) is 21.6 Å². The van der Waals surface area contributed by atoms with Crippen LogP contribution in [-0.2, 0) is 0 Å². The van der Waals surface area contributed by atoms with E-state index >= 15 is 0 Å². The van der Waals surface area contributed by atoms with E-state index in [9.17, 15) is 0 Å². The van der Waals surface area contributed by atoms with E-state index < -0.39 is 0 Å². The molecule has 38 heavy (non-hydrogen) atoms. The average molecular weight is 572 g/mol. The van der Waals surface area contributed by atoms with Crippen molar-refractivity contribution in [1.82, 2.24) is 0 Å². The Balaban J connectivity index is 1.47. The number of fused-ring (bicyclic) bond motifs is 3. The molecule has 7 rings (SSSR count). The first-order chi connectivity index (χ1) is 18.7. The number of halogens is 1. The topological polar surface area (TPSA) is 24.4 Å². The molecule has 0 amide bonds. The van der Waals surface area contributed by atoms with E-state index in [2.05, 4.69) is 143 Å². The van der Waals surface area contributed by atoms with Crippen molar-refractivity contribution in [3.63, 3.8) is 0 Å². The van der Waals surface area contributed by atoms with Gasteiger partial charge in [-0.1, -0.05) is 107 Å². The molecule has 0 spiro atoms. The van der Waals surface area contributed by atoms with Gasteiger partial charge in [-0.05, 0) is 64.2 Å². The van der Waals surface area contributed by atoms with E-state index in [-0.39, 0.29) is 6.04 Å². The second-order valence-corrected chi connectivity index (χ2v) is 11.4. The summed E-state index contributed by atoms with van der Waals surface area (Å²) >= 11 is 5.47. The van der Waals surface area contributed by atoms with Crippen LogP contribution in [0.25, 0.3) is 32.3 Å². The lowest BCUT2D eigenvalue weighted by molar-refractivity contribution is 0.887. The highest BCUT2D eigenvalue weighted by molar-refractivity contribution is 9.10. The van der Waals surface area contributed by atoms with E-state index in [4.69, 9.17) is 4.99 Å². The Kier molecular flexibility index (Phi) is 5.92. The Bertz CT molecular complexity index is 1750. The van der Waals surface area contributed by atoms with Crippen LogP contribution in [0.5, 0.6) is 0 Å². The quantitative estimate of drug-likeness (QED) is 0.224. The summed E-state index contributed by atoms with van der Waals surface area (Å²) in [6, 6.07) is 45.0. The molecule has 1 aromatic heterocycles. The number of anilines is 1. The Hall–Kier alpha value is -3.99. The summed E-state index contributed by atoms with van der Waals surface area (Å²) in [5, 5.41) is 4.93. The standard InChI is InChI=1S/C34H23BrN2S/c35-28-15-9-14-24(21-28)34-36-31(33-32(37-34)29-16-7-8-17-30(29)38-33)27-19-25(22-10-3-1-4-11-22)18-26(20-27)23-12-5-2-6-13-23/h1-21,31H,(H,36,37). The molecule has 1 atom stereocenters. The molecule has 2 nitrogen and oxygen atoms in total. The highest BCUT2D eigenvalue weighted by atomic mass is 79.9. The predicted octanol–water partition coefficient (Wildman–Crippen LogP) is 9.96. The Morgan fingerprint density at radius 1 is 0.605 bits per heavy atom. The SMILES string of the molecule is Brc1cccc(C2=NC(c3cc(-c4ccccc4)cc(-c4ccccc4)c3)c3sc4ccccc4c3N2)c1. The van der Waals surface area contributed by atoms with Gasteiger partial charge in [-0.2, -0.15) is 0 Å². The molecule has 1 aliphatic heterocycles. The van der Waals surface area contributed by atoms with Crippen LogP contribution in [0.1, 0.15) is 22.0 Å². The first kappa shape index (κ1) is 23.2. The van der Waals surface area contributed by atoms with Gasteiger partial charge in [-0.3, -0.25) is 4.99 Å². The van der Waals surface area contributed by atoms with Gasteiger partial charge in [0.25, 0.3) is 0 Å². The summed E-state index contributed by atoms with van der Waals surface area (Å²) in [5.74, 6) is 0.888. The van der Waals surface area contributed by atoms with E-state index in [1.807, 2.05) is 17.4 Å². The zero-order valence-corrected chi connectivity index (χ0v) is 22.8. The minimum Gasteiger partial charge on any atom is -0.339 e. The third kappa shape index (κ3) is 4.26. The molecule has 0 fully saturated rings. The largest absolute Gasteiger partial charge is 0.339 e. The van der Waals surface area contributed by atoms with Gasteiger partial charge in [0.1, 0.15) is 11.9 Å². The number of amidine groups is 1. The molecule has 5 aromatic carbocycles. The summed E-state index contributed by atoms with van der Waals surface area (Å²) in [4.78, 5) is 6.61. The fourth-order valence-corrected chi connectivity index (χ4v) is 6.76. The molecule has 0 saturated heterocycles. The van der Waals surface area contributed by atoms with Gasteiger partial charge in [0, 0.05) is 20.1 Å². The second kappa shape index (κ2) is 9.71. The van der Waals surface area contributed by atoms with Gasteiger partial charge in [-0.15, -0.1) is 11.3 Å².